The molecule has 1 aromatic heterocycles. The number of fused-ring (bicyclic) bond motifs is 1. The first-order chi connectivity index (χ1) is 5.59. The standard InChI is InChI=1S/C10H16N2/c1-10(2,3)9-8-5-4-6-12(8)7-11-9/h7H,4-6H2,1-3H3. The summed E-state index contributed by atoms with van der Waals surface area (Å²) >= 11 is 0. The Kier molecular flexibility index (Phi) is 1.53. The summed E-state index contributed by atoms with van der Waals surface area (Å²) in [5.41, 5.74) is 2.97. The molecule has 0 saturated carbocycles. The smallest absolute Gasteiger partial charge is 0.0951 e. The molecule has 2 nitrogen and oxygen atoms in total. The van der Waals surface area contributed by atoms with Crippen LogP contribution in [0.3, 0.4) is 0 Å². The number of hydrogen-bond donors (Lipinski definition) is 0. The van der Waals surface area contributed by atoms with Crippen LogP contribution in [0.2, 0.25) is 0 Å². The second-order valence-electron chi connectivity index (χ2n) is 4.59. The van der Waals surface area contributed by atoms with Crippen LogP contribution >= 0.6 is 0 Å². The molecule has 0 amide bonds. The Balaban J connectivity index is 2.46. The fourth-order valence-electron chi connectivity index (χ4n) is 1.91. The molecule has 12 heavy (non-hydrogen) atoms. The van der Waals surface area contributed by atoms with E-state index in [-0.39, 0.29) is 5.41 Å². The number of aromatic nitrogens is 2. The quantitative estimate of drug-likeness (QED) is 0.574. The predicted molar refractivity (Wildman–Crippen MR) is 49.2 cm³/mol. The maximum absolute atomic E-state index is 4.47. The lowest BCUT2D eigenvalue weighted by Crippen LogP contribution is -2.14. The van der Waals surface area contributed by atoms with Gasteiger partial charge < -0.3 is 4.57 Å². The van der Waals surface area contributed by atoms with Crippen LogP contribution in [-0.2, 0) is 18.4 Å². The van der Waals surface area contributed by atoms with Crippen LogP contribution in [0.5, 0.6) is 0 Å². The van der Waals surface area contributed by atoms with Gasteiger partial charge in [-0.3, -0.25) is 0 Å². The molecule has 0 saturated heterocycles. The first-order valence-corrected chi connectivity index (χ1v) is 4.63. The van der Waals surface area contributed by atoms with E-state index in [4.69, 9.17) is 0 Å². The van der Waals surface area contributed by atoms with Crippen LogP contribution in [0.1, 0.15) is 38.6 Å². The monoisotopic (exact) mass is 164 g/mol. The van der Waals surface area contributed by atoms with Crippen LogP contribution in [0.25, 0.3) is 0 Å². The molecule has 0 bridgehead atoms. The summed E-state index contributed by atoms with van der Waals surface area (Å²) in [6.45, 7) is 7.86. The van der Waals surface area contributed by atoms with Crippen molar-refractivity contribution in [3.63, 3.8) is 0 Å². The SMILES string of the molecule is CC(C)(C)c1ncn2c1CCC2. The molecule has 0 spiro atoms. The summed E-state index contributed by atoms with van der Waals surface area (Å²) < 4.78 is 2.29. The van der Waals surface area contributed by atoms with Gasteiger partial charge in [-0.25, -0.2) is 4.98 Å². The number of hydrogen-bond acceptors (Lipinski definition) is 1. The van der Waals surface area contributed by atoms with E-state index in [9.17, 15) is 0 Å². The van der Waals surface area contributed by atoms with Gasteiger partial charge in [-0.1, -0.05) is 20.8 Å². The average Bonchev–Trinajstić information content (AvgIpc) is 2.37. The Bertz CT molecular complexity index is 291. The first kappa shape index (κ1) is 7.84. The van der Waals surface area contributed by atoms with Crippen molar-refractivity contribution in [3.05, 3.63) is 17.7 Å². The lowest BCUT2D eigenvalue weighted by molar-refractivity contribution is 0.565. The van der Waals surface area contributed by atoms with E-state index in [2.05, 4.69) is 30.3 Å². The largest absolute Gasteiger partial charge is 0.334 e. The van der Waals surface area contributed by atoms with Gasteiger partial charge in [-0.15, -0.1) is 0 Å². The molecule has 1 aliphatic rings. The van der Waals surface area contributed by atoms with E-state index in [1.165, 1.54) is 30.8 Å². The summed E-state index contributed by atoms with van der Waals surface area (Å²) in [5.74, 6) is 0. The molecule has 66 valence electrons. The van der Waals surface area contributed by atoms with Crippen LogP contribution < -0.4 is 0 Å². The molecule has 0 unspecified atom stereocenters. The first-order valence-electron chi connectivity index (χ1n) is 4.63. The lowest BCUT2D eigenvalue weighted by atomic mass is 9.90. The third-order valence-electron chi connectivity index (χ3n) is 2.47. The van der Waals surface area contributed by atoms with Crippen LogP contribution in [0.15, 0.2) is 6.33 Å². The molecule has 1 aliphatic heterocycles. The van der Waals surface area contributed by atoms with Gasteiger partial charge in [0.1, 0.15) is 0 Å². The highest BCUT2D eigenvalue weighted by atomic mass is 15.1. The number of aryl methyl sites for hydroxylation is 1. The van der Waals surface area contributed by atoms with E-state index in [0.717, 1.165) is 0 Å². The van der Waals surface area contributed by atoms with Crippen molar-refractivity contribution < 1.29 is 0 Å². The molecule has 2 rings (SSSR count). The summed E-state index contributed by atoms with van der Waals surface area (Å²) in [6, 6.07) is 0. The van der Waals surface area contributed by atoms with Crippen molar-refractivity contribution in [3.8, 4) is 0 Å². The minimum atomic E-state index is 0.213. The molecule has 0 fully saturated rings. The van der Waals surface area contributed by atoms with Crippen molar-refractivity contribution >= 4 is 0 Å². The zero-order valence-corrected chi connectivity index (χ0v) is 8.09. The average molecular weight is 164 g/mol. The normalized spacial score (nSPS) is 16.6. The molecule has 0 aliphatic carbocycles. The van der Waals surface area contributed by atoms with E-state index >= 15 is 0 Å². The van der Waals surface area contributed by atoms with E-state index in [1.807, 2.05) is 6.33 Å². The third kappa shape index (κ3) is 1.06. The van der Waals surface area contributed by atoms with Gasteiger partial charge in [0.2, 0.25) is 0 Å². The Morgan fingerprint density at radius 3 is 2.83 bits per heavy atom. The van der Waals surface area contributed by atoms with Gasteiger partial charge in [0.05, 0.1) is 12.0 Å². The van der Waals surface area contributed by atoms with Crippen molar-refractivity contribution in [2.45, 2.75) is 45.6 Å². The predicted octanol–water partition coefficient (Wildman–Crippen LogP) is 2.13. The second-order valence-corrected chi connectivity index (χ2v) is 4.59. The molecular weight excluding hydrogens is 148 g/mol. The fraction of sp³-hybridized carbons (Fsp3) is 0.700. The highest BCUT2D eigenvalue weighted by Gasteiger charge is 2.24. The van der Waals surface area contributed by atoms with Gasteiger partial charge in [0.15, 0.2) is 0 Å². The Morgan fingerprint density at radius 1 is 1.42 bits per heavy atom. The highest BCUT2D eigenvalue weighted by molar-refractivity contribution is 5.23. The maximum Gasteiger partial charge on any atom is 0.0951 e. The molecule has 0 radical (unpaired) electrons. The fourth-order valence-corrected chi connectivity index (χ4v) is 1.91. The highest BCUT2D eigenvalue weighted by Crippen LogP contribution is 2.28. The molecule has 0 aromatic carbocycles. The maximum atomic E-state index is 4.47. The van der Waals surface area contributed by atoms with Crippen LogP contribution in [0, 0.1) is 0 Å². The van der Waals surface area contributed by atoms with Crippen molar-refractivity contribution in [2.24, 2.45) is 0 Å². The number of rotatable bonds is 0. The third-order valence-corrected chi connectivity index (χ3v) is 2.47. The van der Waals surface area contributed by atoms with Crippen molar-refractivity contribution in [1.82, 2.24) is 9.55 Å². The van der Waals surface area contributed by atoms with Gasteiger partial charge in [0, 0.05) is 17.7 Å². The molecule has 0 N–H and O–H groups in total. The zero-order valence-electron chi connectivity index (χ0n) is 8.09. The minimum absolute atomic E-state index is 0.213. The van der Waals surface area contributed by atoms with E-state index in [0.29, 0.717) is 0 Å². The van der Waals surface area contributed by atoms with Crippen LogP contribution in [0.4, 0.5) is 0 Å². The van der Waals surface area contributed by atoms with Crippen LogP contribution in [-0.4, -0.2) is 9.55 Å². The zero-order chi connectivity index (χ0) is 8.77. The van der Waals surface area contributed by atoms with Gasteiger partial charge in [-0.05, 0) is 12.8 Å². The van der Waals surface area contributed by atoms with Gasteiger partial charge >= 0.3 is 0 Å². The molecule has 2 heterocycles. The summed E-state index contributed by atoms with van der Waals surface area (Å²) in [6.07, 6.45) is 4.50. The number of nitrogens with zero attached hydrogens (tertiary/aromatic N) is 2. The van der Waals surface area contributed by atoms with Crippen molar-refractivity contribution in [1.29, 1.82) is 0 Å². The van der Waals surface area contributed by atoms with E-state index in [1.54, 1.807) is 0 Å². The summed E-state index contributed by atoms with van der Waals surface area (Å²) in [4.78, 5) is 4.47. The Hall–Kier alpha value is -0.790. The van der Waals surface area contributed by atoms with Gasteiger partial charge in [-0.2, -0.15) is 0 Å². The second kappa shape index (κ2) is 2.35. The molecule has 2 heteroatoms. The minimum Gasteiger partial charge on any atom is -0.334 e. The number of imidazole rings is 1. The molecule has 1 aromatic rings. The lowest BCUT2D eigenvalue weighted by Gasteiger charge is -2.16. The summed E-state index contributed by atoms with van der Waals surface area (Å²) in [5, 5.41) is 0. The topological polar surface area (TPSA) is 17.8 Å². The van der Waals surface area contributed by atoms with Gasteiger partial charge in [0.25, 0.3) is 0 Å². The summed E-state index contributed by atoms with van der Waals surface area (Å²) in [7, 11) is 0. The Morgan fingerprint density at radius 2 is 2.17 bits per heavy atom. The Labute approximate surface area is 73.6 Å². The van der Waals surface area contributed by atoms with E-state index < -0.39 is 0 Å². The van der Waals surface area contributed by atoms with Crippen molar-refractivity contribution in [2.75, 3.05) is 0 Å². The molecule has 0 atom stereocenters. The molecular formula is C10H16N2.